The van der Waals surface area contributed by atoms with E-state index in [2.05, 4.69) is 0 Å². The average molecular weight is 226 g/mol. The number of hydrogen-bond acceptors (Lipinski definition) is 1. The van der Waals surface area contributed by atoms with Gasteiger partial charge in [0.25, 0.3) is 0 Å². The molecule has 0 bridgehead atoms. The van der Waals surface area contributed by atoms with Crippen molar-refractivity contribution in [3.63, 3.8) is 0 Å². The molecule has 0 aliphatic rings. The van der Waals surface area contributed by atoms with Crippen LogP contribution < -0.4 is 0 Å². The van der Waals surface area contributed by atoms with Crippen LogP contribution in [-0.4, -0.2) is 22.4 Å². The predicted molar refractivity (Wildman–Crippen MR) is 46.4 cm³/mol. The van der Waals surface area contributed by atoms with E-state index in [1.54, 1.807) is 0 Å². The molecular formula is C5H8Cl4O. The molecule has 0 rings (SSSR count). The molecule has 0 heterocycles. The van der Waals surface area contributed by atoms with Crippen molar-refractivity contribution < 1.29 is 4.74 Å². The highest BCUT2D eigenvalue weighted by molar-refractivity contribution is 6.49. The van der Waals surface area contributed by atoms with Gasteiger partial charge in [-0.3, -0.25) is 0 Å². The van der Waals surface area contributed by atoms with Gasteiger partial charge < -0.3 is 4.74 Å². The molecule has 0 aromatic heterocycles. The molecule has 10 heavy (non-hydrogen) atoms. The minimum Gasteiger partial charge on any atom is -0.361 e. The number of hydrogen-bond donors (Lipinski definition) is 0. The van der Waals surface area contributed by atoms with Crippen LogP contribution in [0.4, 0.5) is 0 Å². The molecule has 0 aliphatic carbocycles. The Labute approximate surface area is 80.5 Å². The van der Waals surface area contributed by atoms with Crippen molar-refractivity contribution >= 4 is 46.4 Å². The van der Waals surface area contributed by atoms with Gasteiger partial charge in [-0.1, -0.05) is 11.6 Å². The molecule has 0 aromatic carbocycles. The van der Waals surface area contributed by atoms with E-state index >= 15 is 0 Å². The third-order valence-electron chi connectivity index (χ3n) is 0.817. The van der Waals surface area contributed by atoms with Gasteiger partial charge in [-0.15, -0.1) is 34.8 Å². The summed E-state index contributed by atoms with van der Waals surface area (Å²) in [5.74, 6) is 0. The monoisotopic (exact) mass is 224 g/mol. The third kappa shape index (κ3) is 4.09. The van der Waals surface area contributed by atoms with Gasteiger partial charge in [0.15, 0.2) is 0 Å². The van der Waals surface area contributed by atoms with Crippen molar-refractivity contribution in [3.05, 3.63) is 0 Å². The summed E-state index contributed by atoms with van der Waals surface area (Å²) < 4.78 is 4.93. The SMILES string of the molecule is CCOC(Cl)C(Cl)C(Cl)Cl. The van der Waals surface area contributed by atoms with Crippen molar-refractivity contribution in [2.24, 2.45) is 0 Å². The Morgan fingerprint density at radius 3 is 2.00 bits per heavy atom. The second-order valence-corrected chi connectivity index (χ2v) is 3.68. The van der Waals surface area contributed by atoms with Gasteiger partial charge >= 0.3 is 0 Å². The summed E-state index contributed by atoms with van der Waals surface area (Å²) in [6.45, 7) is 2.31. The Bertz CT molecular complexity index is 87.7. The van der Waals surface area contributed by atoms with Crippen LogP contribution >= 0.6 is 46.4 Å². The van der Waals surface area contributed by atoms with Crippen LogP contribution in [0, 0.1) is 0 Å². The Hall–Kier alpha value is 1.12. The molecule has 0 N–H and O–H groups in total. The van der Waals surface area contributed by atoms with Gasteiger partial charge in [-0.05, 0) is 6.92 Å². The first kappa shape index (κ1) is 11.1. The largest absolute Gasteiger partial charge is 0.361 e. The number of alkyl halides is 4. The minimum atomic E-state index is -0.698. The maximum Gasteiger partial charge on any atom is 0.150 e. The van der Waals surface area contributed by atoms with Gasteiger partial charge in [0.2, 0.25) is 0 Å². The third-order valence-corrected chi connectivity index (χ3v) is 2.63. The Kier molecular flexibility index (Phi) is 6.37. The zero-order chi connectivity index (χ0) is 8.15. The topological polar surface area (TPSA) is 9.23 Å². The number of rotatable bonds is 4. The van der Waals surface area contributed by atoms with Crippen LogP contribution in [0.15, 0.2) is 0 Å². The maximum absolute atomic E-state index is 5.62. The smallest absolute Gasteiger partial charge is 0.150 e. The molecule has 2 atom stereocenters. The van der Waals surface area contributed by atoms with Crippen molar-refractivity contribution in [1.29, 1.82) is 0 Å². The maximum atomic E-state index is 5.62. The molecule has 1 nitrogen and oxygen atoms in total. The standard InChI is InChI=1S/C5H8Cl4O/c1-2-10-5(9)3(6)4(7)8/h3-5H,2H2,1H3. The van der Waals surface area contributed by atoms with Crippen LogP contribution in [-0.2, 0) is 4.74 Å². The van der Waals surface area contributed by atoms with Crippen molar-refractivity contribution in [2.75, 3.05) is 6.61 Å². The van der Waals surface area contributed by atoms with Gasteiger partial charge in [0.1, 0.15) is 15.8 Å². The summed E-state index contributed by atoms with van der Waals surface area (Å²) >= 11 is 22.1. The predicted octanol–water partition coefficient (Wildman–Crippen LogP) is 3.00. The normalized spacial score (nSPS) is 17.4. The number of ether oxygens (including phenoxy) is 1. The molecule has 0 amide bonds. The molecule has 0 spiro atoms. The summed E-state index contributed by atoms with van der Waals surface area (Å²) in [4.78, 5) is -0.698. The van der Waals surface area contributed by atoms with Gasteiger partial charge in [0, 0.05) is 6.61 Å². The molecule has 0 aromatic rings. The lowest BCUT2D eigenvalue weighted by molar-refractivity contribution is 0.119. The first-order valence-electron chi connectivity index (χ1n) is 2.77. The highest BCUT2D eigenvalue weighted by atomic mass is 35.5. The van der Waals surface area contributed by atoms with Crippen molar-refractivity contribution in [2.45, 2.75) is 22.7 Å². The van der Waals surface area contributed by atoms with E-state index in [4.69, 9.17) is 51.1 Å². The Morgan fingerprint density at radius 1 is 1.20 bits per heavy atom. The fraction of sp³-hybridized carbons (Fsp3) is 1.00. The molecule has 0 radical (unpaired) electrons. The summed E-state index contributed by atoms with van der Waals surface area (Å²) in [6, 6.07) is 0. The molecule has 5 heteroatoms. The zero-order valence-corrected chi connectivity index (χ0v) is 8.38. The van der Waals surface area contributed by atoms with Crippen LogP contribution in [0.5, 0.6) is 0 Å². The molecule has 62 valence electrons. The fourth-order valence-electron chi connectivity index (χ4n) is 0.366. The second kappa shape index (κ2) is 5.73. The first-order chi connectivity index (χ1) is 4.59. The molecule has 0 saturated carbocycles. The lowest BCUT2D eigenvalue weighted by Crippen LogP contribution is -2.24. The van der Waals surface area contributed by atoms with Crippen LogP contribution in [0.25, 0.3) is 0 Å². The summed E-state index contributed by atoms with van der Waals surface area (Å²) in [5.41, 5.74) is -0.619. The highest BCUT2D eigenvalue weighted by Gasteiger charge is 2.23. The van der Waals surface area contributed by atoms with E-state index in [1.165, 1.54) is 0 Å². The van der Waals surface area contributed by atoms with Crippen LogP contribution in [0.1, 0.15) is 6.92 Å². The van der Waals surface area contributed by atoms with Gasteiger partial charge in [-0.25, -0.2) is 0 Å². The fourth-order valence-corrected chi connectivity index (χ4v) is 1.12. The van der Waals surface area contributed by atoms with E-state index in [9.17, 15) is 0 Å². The van der Waals surface area contributed by atoms with E-state index in [0.29, 0.717) is 6.61 Å². The van der Waals surface area contributed by atoms with Crippen LogP contribution in [0.3, 0.4) is 0 Å². The Morgan fingerprint density at radius 2 is 1.70 bits per heavy atom. The van der Waals surface area contributed by atoms with Gasteiger partial charge in [0.05, 0.1) is 0 Å². The molecule has 0 fully saturated rings. The summed E-state index contributed by atoms with van der Waals surface area (Å²) in [7, 11) is 0. The van der Waals surface area contributed by atoms with E-state index < -0.39 is 15.8 Å². The van der Waals surface area contributed by atoms with Gasteiger partial charge in [-0.2, -0.15) is 0 Å². The minimum absolute atomic E-state index is 0.498. The quantitative estimate of drug-likeness (QED) is 0.669. The van der Waals surface area contributed by atoms with E-state index in [-0.39, 0.29) is 0 Å². The molecule has 0 saturated heterocycles. The lowest BCUT2D eigenvalue weighted by atomic mass is 10.5. The van der Waals surface area contributed by atoms with E-state index in [0.717, 1.165) is 0 Å². The summed E-state index contributed by atoms with van der Waals surface area (Å²) in [6.07, 6.45) is 0. The van der Waals surface area contributed by atoms with Crippen LogP contribution in [0.2, 0.25) is 0 Å². The molecule has 2 unspecified atom stereocenters. The Balaban J connectivity index is 3.58. The van der Waals surface area contributed by atoms with Crippen molar-refractivity contribution in [1.82, 2.24) is 0 Å². The number of halogens is 4. The lowest BCUT2D eigenvalue weighted by Gasteiger charge is -2.15. The molecular weight excluding hydrogens is 218 g/mol. The molecule has 0 aliphatic heterocycles. The first-order valence-corrected chi connectivity index (χ1v) is 4.52. The highest BCUT2D eigenvalue weighted by Crippen LogP contribution is 2.21. The second-order valence-electron chi connectivity index (χ2n) is 1.59. The van der Waals surface area contributed by atoms with E-state index in [1.807, 2.05) is 6.92 Å². The average Bonchev–Trinajstić information content (AvgIpc) is 1.87. The summed E-state index contributed by atoms with van der Waals surface area (Å²) in [5, 5.41) is -0.565. The van der Waals surface area contributed by atoms with Crippen molar-refractivity contribution in [3.8, 4) is 0 Å². The zero-order valence-electron chi connectivity index (χ0n) is 5.36.